The maximum absolute atomic E-state index is 11.4. The van der Waals surface area contributed by atoms with Crippen molar-refractivity contribution in [2.45, 2.75) is 50.0 Å². The minimum Gasteiger partial charge on any atom is -0.390 e. The SMILES string of the molecule is NC(=O)C1CCN([C@H]2[C@@H]3OC[C@H](O3)[C@H](NCc3ccncc3)[C@@H]2O)CC1. The van der Waals surface area contributed by atoms with E-state index in [9.17, 15) is 9.90 Å². The van der Waals surface area contributed by atoms with Crippen LogP contribution in [0.3, 0.4) is 0 Å². The minimum atomic E-state index is -0.604. The third-order valence-corrected chi connectivity index (χ3v) is 5.78. The van der Waals surface area contributed by atoms with Gasteiger partial charge in [-0.05, 0) is 43.6 Å². The number of nitrogens with one attached hydrogen (secondary N) is 1. The summed E-state index contributed by atoms with van der Waals surface area (Å²) in [7, 11) is 0. The Morgan fingerprint density at radius 2 is 2.08 bits per heavy atom. The molecule has 1 aromatic rings. The quantitative estimate of drug-likeness (QED) is 0.630. The molecule has 0 radical (unpaired) electrons. The molecule has 0 spiro atoms. The largest absolute Gasteiger partial charge is 0.390 e. The lowest BCUT2D eigenvalue weighted by Crippen LogP contribution is -2.65. The Morgan fingerprint density at radius 1 is 1.35 bits per heavy atom. The van der Waals surface area contributed by atoms with Crippen LogP contribution in [-0.2, 0) is 20.8 Å². The van der Waals surface area contributed by atoms with E-state index in [1.165, 1.54) is 0 Å². The van der Waals surface area contributed by atoms with Crippen molar-refractivity contribution in [2.24, 2.45) is 11.7 Å². The molecule has 4 heterocycles. The van der Waals surface area contributed by atoms with Gasteiger partial charge in [-0.15, -0.1) is 0 Å². The molecule has 8 heteroatoms. The molecule has 4 rings (SSSR count). The average molecular weight is 362 g/mol. The van der Waals surface area contributed by atoms with Crippen LogP contribution in [0.15, 0.2) is 24.5 Å². The Bertz CT molecular complexity index is 623. The maximum atomic E-state index is 11.4. The van der Waals surface area contributed by atoms with E-state index in [0.29, 0.717) is 39.1 Å². The molecule has 26 heavy (non-hydrogen) atoms. The second-order valence-corrected chi connectivity index (χ2v) is 7.33. The fraction of sp³-hybridized carbons (Fsp3) is 0.667. The Kier molecular flexibility index (Phi) is 5.19. The number of carbonyl (C=O) groups is 1. The Hall–Kier alpha value is -1.58. The highest BCUT2D eigenvalue weighted by atomic mass is 16.7. The predicted molar refractivity (Wildman–Crippen MR) is 92.8 cm³/mol. The van der Waals surface area contributed by atoms with Crippen LogP contribution < -0.4 is 11.1 Å². The van der Waals surface area contributed by atoms with E-state index in [2.05, 4.69) is 15.2 Å². The number of aliphatic hydroxyl groups is 1. The van der Waals surface area contributed by atoms with Crippen molar-refractivity contribution in [2.75, 3.05) is 19.7 Å². The van der Waals surface area contributed by atoms with Gasteiger partial charge in [0.05, 0.1) is 24.8 Å². The molecular formula is C18H26N4O4. The lowest BCUT2D eigenvalue weighted by atomic mass is 9.90. The number of likely N-dealkylation sites (tertiary alicyclic amines) is 1. The second kappa shape index (κ2) is 7.58. The minimum absolute atomic E-state index is 0.0780. The summed E-state index contributed by atoms with van der Waals surface area (Å²) >= 11 is 0. The van der Waals surface area contributed by atoms with Crippen LogP contribution >= 0.6 is 0 Å². The van der Waals surface area contributed by atoms with Crippen molar-refractivity contribution in [3.05, 3.63) is 30.1 Å². The number of nitrogens with zero attached hydrogens (tertiary/aromatic N) is 2. The van der Waals surface area contributed by atoms with Crippen molar-refractivity contribution < 1.29 is 19.4 Å². The molecule has 8 nitrogen and oxygen atoms in total. The fourth-order valence-corrected chi connectivity index (χ4v) is 4.26. The van der Waals surface area contributed by atoms with Gasteiger partial charge in [-0.1, -0.05) is 0 Å². The van der Waals surface area contributed by atoms with E-state index in [4.69, 9.17) is 15.2 Å². The van der Waals surface area contributed by atoms with Crippen molar-refractivity contribution >= 4 is 5.91 Å². The van der Waals surface area contributed by atoms with E-state index in [1.54, 1.807) is 12.4 Å². The summed E-state index contributed by atoms with van der Waals surface area (Å²) in [5, 5.41) is 14.5. The number of primary amides is 1. The molecule has 0 unspecified atom stereocenters. The van der Waals surface area contributed by atoms with Gasteiger partial charge in [-0.3, -0.25) is 14.7 Å². The number of fused-ring (bicyclic) bond motifs is 2. The third kappa shape index (κ3) is 3.47. The Morgan fingerprint density at radius 3 is 2.77 bits per heavy atom. The van der Waals surface area contributed by atoms with Crippen molar-refractivity contribution in [1.82, 2.24) is 15.2 Å². The zero-order chi connectivity index (χ0) is 18.1. The van der Waals surface area contributed by atoms with E-state index < -0.39 is 12.4 Å². The summed E-state index contributed by atoms with van der Waals surface area (Å²) in [6.45, 7) is 2.52. The van der Waals surface area contributed by atoms with Crippen LogP contribution in [0.1, 0.15) is 18.4 Å². The molecule has 1 amide bonds. The maximum Gasteiger partial charge on any atom is 0.220 e. The highest BCUT2D eigenvalue weighted by molar-refractivity contribution is 5.76. The standard InChI is InChI=1S/C18H26N4O4/c19-17(24)12-3-7-22(8-4-12)15-16(23)14(13-10-25-18(15)26-13)21-9-11-1-5-20-6-2-11/h1-2,5-6,12-16,18,21,23H,3-4,7-10H2,(H2,19,24)/t13-,14-,15+,16-,18+/m0/s1. The van der Waals surface area contributed by atoms with Crippen molar-refractivity contribution in [1.29, 1.82) is 0 Å². The molecule has 0 aliphatic carbocycles. The lowest BCUT2D eigenvalue weighted by Gasteiger charge is -2.46. The summed E-state index contributed by atoms with van der Waals surface area (Å²) in [4.78, 5) is 17.6. The van der Waals surface area contributed by atoms with Crippen LogP contribution in [0.4, 0.5) is 0 Å². The number of ether oxygens (including phenoxy) is 2. The highest BCUT2D eigenvalue weighted by Gasteiger charge is 2.52. The summed E-state index contributed by atoms with van der Waals surface area (Å²) in [6.07, 6.45) is 3.76. The molecule has 5 atom stereocenters. The van der Waals surface area contributed by atoms with E-state index in [1.807, 2.05) is 12.1 Å². The zero-order valence-electron chi connectivity index (χ0n) is 14.7. The van der Waals surface area contributed by atoms with Crippen molar-refractivity contribution in [3.63, 3.8) is 0 Å². The molecule has 1 aromatic heterocycles. The number of hydrogen-bond donors (Lipinski definition) is 3. The molecule has 3 fully saturated rings. The summed E-state index contributed by atoms with van der Waals surface area (Å²) < 4.78 is 11.8. The van der Waals surface area contributed by atoms with Gasteiger partial charge in [0.25, 0.3) is 0 Å². The molecule has 2 bridgehead atoms. The molecule has 3 aliphatic heterocycles. The monoisotopic (exact) mass is 362 g/mol. The van der Waals surface area contributed by atoms with Crippen LogP contribution in [0.25, 0.3) is 0 Å². The van der Waals surface area contributed by atoms with Crippen LogP contribution in [0.2, 0.25) is 0 Å². The Labute approximate surface area is 152 Å². The highest BCUT2D eigenvalue weighted by Crippen LogP contribution is 2.33. The fourth-order valence-electron chi connectivity index (χ4n) is 4.26. The van der Waals surface area contributed by atoms with Crippen LogP contribution in [0, 0.1) is 5.92 Å². The zero-order valence-corrected chi connectivity index (χ0v) is 14.7. The van der Waals surface area contributed by atoms with Gasteiger partial charge >= 0.3 is 0 Å². The smallest absolute Gasteiger partial charge is 0.220 e. The molecule has 3 saturated heterocycles. The number of hydrogen-bond acceptors (Lipinski definition) is 7. The van der Waals surface area contributed by atoms with Gasteiger partial charge in [0.1, 0.15) is 6.10 Å². The lowest BCUT2D eigenvalue weighted by molar-refractivity contribution is -0.186. The Balaban J connectivity index is 1.42. The third-order valence-electron chi connectivity index (χ3n) is 5.78. The van der Waals surface area contributed by atoms with Gasteiger partial charge in [-0.2, -0.15) is 0 Å². The molecule has 0 saturated carbocycles. The molecule has 0 aromatic carbocycles. The van der Waals surface area contributed by atoms with E-state index in [0.717, 1.165) is 5.56 Å². The topological polar surface area (TPSA) is 110 Å². The second-order valence-electron chi connectivity index (χ2n) is 7.33. The molecular weight excluding hydrogens is 336 g/mol. The predicted octanol–water partition coefficient (Wildman–Crippen LogP) is -0.778. The van der Waals surface area contributed by atoms with E-state index >= 15 is 0 Å². The first kappa shape index (κ1) is 17.8. The number of rotatable bonds is 5. The van der Waals surface area contributed by atoms with Gasteiger partial charge in [0, 0.05) is 24.9 Å². The number of piperidine rings is 1. The molecule has 4 N–H and O–H groups in total. The van der Waals surface area contributed by atoms with Gasteiger partial charge in [0.15, 0.2) is 6.29 Å². The first-order valence-corrected chi connectivity index (χ1v) is 9.24. The van der Waals surface area contributed by atoms with Gasteiger partial charge < -0.3 is 25.6 Å². The number of nitrogens with two attached hydrogens (primary N) is 1. The first-order valence-electron chi connectivity index (χ1n) is 9.24. The number of aliphatic hydroxyl groups excluding tert-OH is 1. The number of carbonyl (C=O) groups excluding carboxylic acids is 1. The summed E-state index contributed by atoms with van der Waals surface area (Å²) in [5.41, 5.74) is 6.53. The van der Waals surface area contributed by atoms with E-state index in [-0.39, 0.29) is 30.0 Å². The molecule has 3 aliphatic rings. The van der Waals surface area contributed by atoms with Gasteiger partial charge in [-0.25, -0.2) is 0 Å². The van der Waals surface area contributed by atoms with Crippen LogP contribution in [0.5, 0.6) is 0 Å². The van der Waals surface area contributed by atoms with Crippen LogP contribution in [-0.4, -0.2) is 71.2 Å². The van der Waals surface area contributed by atoms with Crippen molar-refractivity contribution in [3.8, 4) is 0 Å². The first-order chi connectivity index (χ1) is 12.6. The number of pyridine rings is 1. The molecule has 142 valence electrons. The number of aromatic nitrogens is 1. The average Bonchev–Trinajstić information content (AvgIpc) is 3.08. The normalized spacial score (nSPS) is 35.5. The van der Waals surface area contributed by atoms with Gasteiger partial charge in [0.2, 0.25) is 5.91 Å². The summed E-state index contributed by atoms with van der Waals surface area (Å²) in [6, 6.07) is 3.45. The number of amides is 1. The summed E-state index contributed by atoms with van der Waals surface area (Å²) in [5.74, 6) is -0.315.